The highest BCUT2D eigenvalue weighted by Crippen LogP contribution is 2.18. The summed E-state index contributed by atoms with van der Waals surface area (Å²) in [5.41, 5.74) is 5.20. The molecule has 18 heavy (non-hydrogen) atoms. The van der Waals surface area contributed by atoms with Crippen molar-refractivity contribution in [1.29, 1.82) is 0 Å². The van der Waals surface area contributed by atoms with E-state index in [1.807, 2.05) is 4.72 Å². The third-order valence-corrected chi connectivity index (χ3v) is 3.87. The fourth-order valence-corrected chi connectivity index (χ4v) is 2.27. The maximum atomic E-state index is 11.9. The smallest absolute Gasteiger partial charge is 0.264 e. The van der Waals surface area contributed by atoms with E-state index in [-0.39, 0.29) is 4.90 Å². The predicted octanol–water partition coefficient (Wildman–Crippen LogP) is 0.865. The van der Waals surface area contributed by atoms with Gasteiger partial charge in [-0.15, -0.1) is 0 Å². The Morgan fingerprint density at radius 2 is 1.72 bits per heavy atom. The van der Waals surface area contributed by atoms with E-state index in [9.17, 15) is 13.2 Å². The van der Waals surface area contributed by atoms with Gasteiger partial charge in [0.1, 0.15) is 0 Å². The van der Waals surface area contributed by atoms with Crippen LogP contribution in [0.25, 0.3) is 0 Å². The average molecular weight is 270 g/mol. The van der Waals surface area contributed by atoms with Crippen LogP contribution >= 0.6 is 0 Å². The van der Waals surface area contributed by atoms with Crippen molar-refractivity contribution < 1.29 is 13.2 Å². The molecule has 6 heteroatoms. The Hall–Kier alpha value is -1.40. The van der Waals surface area contributed by atoms with E-state index in [1.54, 1.807) is 39.0 Å². The second-order valence-electron chi connectivity index (χ2n) is 5.13. The molecule has 1 amide bonds. The summed E-state index contributed by atoms with van der Waals surface area (Å²) in [6.45, 7) is 5.31. The molecule has 0 spiro atoms. The number of nitrogens with two attached hydrogens (primary N) is 1. The molecule has 0 aliphatic rings. The summed E-state index contributed by atoms with van der Waals surface area (Å²) in [6.07, 6.45) is 0. The number of benzene rings is 1. The molecule has 1 atom stereocenters. The molecule has 0 saturated carbocycles. The number of carbonyl (C=O) groups is 1. The number of rotatable bonds is 3. The van der Waals surface area contributed by atoms with Crippen molar-refractivity contribution in [3.05, 3.63) is 30.3 Å². The lowest BCUT2D eigenvalue weighted by Crippen LogP contribution is -2.50. The molecule has 1 unspecified atom stereocenters. The lowest BCUT2D eigenvalue weighted by Gasteiger charge is -2.25. The Morgan fingerprint density at radius 1 is 1.22 bits per heavy atom. The van der Waals surface area contributed by atoms with E-state index >= 15 is 0 Å². The molecule has 0 fully saturated rings. The maximum Gasteiger partial charge on any atom is 0.264 e. The van der Waals surface area contributed by atoms with Crippen LogP contribution in [-0.4, -0.2) is 20.4 Å². The Morgan fingerprint density at radius 3 is 2.17 bits per heavy atom. The van der Waals surface area contributed by atoms with Gasteiger partial charge < -0.3 is 5.73 Å². The SMILES string of the molecule is CC(C)(C)C(N)C(=O)NS(=O)(=O)c1ccccc1. The number of hydrogen-bond donors (Lipinski definition) is 2. The molecule has 0 radical (unpaired) electrons. The molecular weight excluding hydrogens is 252 g/mol. The molecule has 3 N–H and O–H groups in total. The second-order valence-corrected chi connectivity index (χ2v) is 6.81. The molecule has 0 bridgehead atoms. The largest absolute Gasteiger partial charge is 0.319 e. The number of sulfonamides is 1. The summed E-state index contributed by atoms with van der Waals surface area (Å²) in [7, 11) is -3.84. The van der Waals surface area contributed by atoms with Gasteiger partial charge in [-0.3, -0.25) is 4.79 Å². The van der Waals surface area contributed by atoms with Crippen LogP contribution in [0.4, 0.5) is 0 Å². The fourth-order valence-electron chi connectivity index (χ4n) is 1.25. The number of nitrogens with one attached hydrogen (secondary N) is 1. The van der Waals surface area contributed by atoms with Crippen molar-refractivity contribution in [1.82, 2.24) is 4.72 Å². The van der Waals surface area contributed by atoms with Crippen LogP contribution in [0.2, 0.25) is 0 Å². The standard InChI is InChI=1S/C12H18N2O3S/c1-12(2,3)10(13)11(15)14-18(16,17)9-7-5-4-6-8-9/h4-8,10H,13H2,1-3H3,(H,14,15). The Labute approximate surface area is 107 Å². The molecule has 0 aliphatic heterocycles. The first-order chi connectivity index (χ1) is 8.14. The summed E-state index contributed by atoms with van der Waals surface area (Å²) < 4.78 is 25.8. The quantitative estimate of drug-likeness (QED) is 0.852. The van der Waals surface area contributed by atoms with Gasteiger partial charge in [0, 0.05) is 0 Å². The lowest BCUT2D eigenvalue weighted by atomic mass is 9.87. The summed E-state index contributed by atoms with van der Waals surface area (Å²) in [5.74, 6) is -0.702. The van der Waals surface area contributed by atoms with E-state index in [4.69, 9.17) is 5.73 Å². The summed E-state index contributed by atoms with van der Waals surface area (Å²) in [5, 5.41) is 0. The molecule has 0 aliphatic carbocycles. The van der Waals surface area contributed by atoms with Gasteiger partial charge in [-0.25, -0.2) is 13.1 Å². The lowest BCUT2D eigenvalue weighted by molar-refractivity contribution is -0.122. The third kappa shape index (κ3) is 3.54. The minimum atomic E-state index is -3.84. The van der Waals surface area contributed by atoms with E-state index < -0.39 is 27.4 Å². The topological polar surface area (TPSA) is 89.3 Å². The van der Waals surface area contributed by atoms with Crippen molar-refractivity contribution in [2.24, 2.45) is 11.1 Å². The first kappa shape index (κ1) is 14.7. The predicted molar refractivity (Wildman–Crippen MR) is 69.2 cm³/mol. The summed E-state index contributed by atoms with van der Waals surface area (Å²) in [6, 6.07) is 6.81. The molecule has 100 valence electrons. The third-order valence-electron chi connectivity index (χ3n) is 2.50. The highest BCUT2D eigenvalue weighted by molar-refractivity contribution is 7.90. The first-order valence-electron chi connectivity index (χ1n) is 5.52. The Balaban J connectivity index is 2.89. The molecule has 0 aromatic heterocycles. The molecule has 1 aromatic carbocycles. The highest BCUT2D eigenvalue weighted by Gasteiger charge is 2.30. The van der Waals surface area contributed by atoms with Crippen LogP contribution in [0.3, 0.4) is 0 Å². The van der Waals surface area contributed by atoms with Crippen LogP contribution in [-0.2, 0) is 14.8 Å². The average Bonchev–Trinajstić information content (AvgIpc) is 2.27. The molecule has 1 rings (SSSR count). The second kappa shape index (κ2) is 5.07. The van der Waals surface area contributed by atoms with Gasteiger partial charge >= 0.3 is 0 Å². The van der Waals surface area contributed by atoms with E-state index in [1.165, 1.54) is 12.1 Å². The van der Waals surface area contributed by atoms with Gasteiger partial charge in [0.25, 0.3) is 15.9 Å². The van der Waals surface area contributed by atoms with Crippen molar-refractivity contribution in [3.63, 3.8) is 0 Å². The van der Waals surface area contributed by atoms with Gasteiger partial charge in [0.15, 0.2) is 0 Å². The summed E-state index contributed by atoms with van der Waals surface area (Å²) >= 11 is 0. The fraction of sp³-hybridized carbons (Fsp3) is 0.417. The maximum absolute atomic E-state index is 11.9. The molecule has 5 nitrogen and oxygen atoms in total. The minimum absolute atomic E-state index is 0.0412. The molecule has 1 aromatic rings. The Bertz CT molecular complexity index is 518. The number of carbonyl (C=O) groups excluding carboxylic acids is 1. The van der Waals surface area contributed by atoms with E-state index in [0.29, 0.717) is 0 Å². The zero-order chi connectivity index (χ0) is 14.0. The highest BCUT2D eigenvalue weighted by atomic mass is 32.2. The zero-order valence-electron chi connectivity index (χ0n) is 10.7. The first-order valence-corrected chi connectivity index (χ1v) is 7.00. The van der Waals surface area contributed by atoms with Gasteiger partial charge in [-0.1, -0.05) is 39.0 Å². The van der Waals surface area contributed by atoms with E-state index in [2.05, 4.69) is 0 Å². The molecular formula is C12H18N2O3S. The number of hydrogen-bond acceptors (Lipinski definition) is 4. The van der Waals surface area contributed by atoms with Gasteiger partial charge in [0.05, 0.1) is 10.9 Å². The van der Waals surface area contributed by atoms with E-state index in [0.717, 1.165) is 0 Å². The van der Waals surface area contributed by atoms with Crippen LogP contribution in [0, 0.1) is 5.41 Å². The summed E-state index contributed by atoms with van der Waals surface area (Å²) in [4.78, 5) is 11.8. The van der Waals surface area contributed by atoms with Crippen LogP contribution in [0.15, 0.2) is 35.2 Å². The minimum Gasteiger partial charge on any atom is -0.319 e. The van der Waals surface area contributed by atoms with Crippen molar-refractivity contribution >= 4 is 15.9 Å². The molecule has 0 heterocycles. The van der Waals surface area contributed by atoms with Gasteiger partial charge in [-0.2, -0.15) is 0 Å². The van der Waals surface area contributed by atoms with Crippen LogP contribution in [0.1, 0.15) is 20.8 Å². The van der Waals surface area contributed by atoms with Crippen molar-refractivity contribution in [3.8, 4) is 0 Å². The van der Waals surface area contributed by atoms with Crippen molar-refractivity contribution in [2.75, 3.05) is 0 Å². The number of amides is 1. The molecule has 0 saturated heterocycles. The van der Waals surface area contributed by atoms with Crippen LogP contribution < -0.4 is 10.5 Å². The Kier molecular flexibility index (Phi) is 4.13. The van der Waals surface area contributed by atoms with Gasteiger partial charge in [-0.05, 0) is 17.5 Å². The normalized spacial score (nSPS) is 14.0. The monoisotopic (exact) mass is 270 g/mol. The van der Waals surface area contributed by atoms with Crippen molar-refractivity contribution in [2.45, 2.75) is 31.7 Å². The zero-order valence-corrected chi connectivity index (χ0v) is 11.5. The van der Waals surface area contributed by atoms with Crippen LogP contribution in [0.5, 0.6) is 0 Å². The van der Waals surface area contributed by atoms with Gasteiger partial charge in [0.2, 0.25) is 0 Å².